The van der Waals surface area contributed by atoms with Gasteiger partial charge in [-0.15, -0.1) is 11.8 Å². The van der Waals surface area contributed by atoms with E-state index in [-0.39, 0.29) is 5.54 Å². The summed E-state index contributed by atoms with van der Waals surface area (Å²) in [7, 11) is 0. The maximum atomic E-state index is 10.6. The molecule has 0 bridgehead atoms. The van der Waals surface area contributed by atoms with Gasteiger partial charge < -0.3 is 0 Å². The van der Waals surface area contributed by atoms with Crippen LogP contribution in [0.25, 0.3) is 0 Å². The number of rotatable bonds is 3. The minimum atomic E-state index is -0.270. The van der Waals surface area contributed by atoms with Gasteiger partial charge >= 0.3 is 0 Å². The van der Waals surface area contributed by atoms with Crippen LogP contribution in [0.5, 0.6) is 0 Å². The van der Waals surface area contributed by atoms with Crippen molar-refractivity contribution in [3.05, 3.63) is 29.3 Å². The first-order chi connectivity index (χ1) is 7.72. The van der Waals surface area contributed by atoms with Crippen LogP contribution in [0.1, 0.15) is 30.4 Å². The van der Waals surface area contributed by atoms with Gasteiger partial charge in [0.2, 0.25) is 6.08 Å². The van der Waals surface area contributed by atoms with Crippen LogP contribution in [0.4, 0.5) is 0 Å². The van der Waals surface area contributed by atoms with Crippen molar-refractivity contribution in [3.63, 3.8) is 0 Å². The third kappa shape index (κ3) is 1.81. The predicted molar refractivity (Wildman–Crippen MR) is 66.6 cm³/mol. The summed E-state index contributed by atoms with van der Waals surface area (Å²) < 4.78 is 0. The van der Waals surface area contributed by atoms with Crippen molar-refractivity contribution >= 4 is 17.8 Å². The first-order valence-corrected chi connectivity index (χ1v) is 6.68. The highest BCUT2D eigenvalue weighted by Crippen LogP contribution is 2.47. The van der Waals surface area contributed by atoms with Crippen LogP contribution in [0.15, 0.2) is 28.1 Å². The van der Waals surface area contributed by atoms with Gasteiger partial charge in [0.05, 0.1) is 5.54 Å². The topological polar surface area (TPSA) is 29.4 Å². The molecule has 0 aliphatic heterocycles. The average molecular weight is 233 g/mol. The summed E-state index contributed by atoms with van der Waals surface area (Å²) in [6.45, 7) is 2.08. The van der Waals surface area contributed by atoms with Gasteiger partial charge in [0.1, 0.15) is 0 Å². The van der Waals surface area contributed by atoms with Crippen molar-refractivity contribution < 1.29 is 4.79 Å². The molecule has 2 rings (SSSR count). The van der Waals surface area contributed by atoms with Gasteiger partial charge in [0, 0.05) is 4.90 Å². The van der Waals surface area contributed by atoms with Crippen molar-refractivity contribution in [1.82, 2.24) is 0 Å². The van der Waals surface area contributed by atoms with Crippen molar-refractivity contribution in [3.8, 4) is 0 Å². The zero-order chi connectivity index (χ0) is 11.6. The second-order valence-electron chi connectivity index (χ2n) is 4.29. The van der Waals surface area contributed by atoms with E-state index in [9.17, 15) is 4.79 Å². The first kappa shape index (κ1) is 11.4. The predicted octanol–water partition coefficient (Wildman–Crippen LogP) is 3.43. The second-order valence-corrected chi connectivity index (χ2v) is 5.14. The Balaban J connectivity index is 2.49. The largest absolute Gasteiger partial charge is 0.235 e. The molecule has 1 aliphatic carbocycles. The number of thioether (sulfide) groups is 1. The molecule has 0 heterocycles. The Kier molecular flexibility index (Phi) is 3.17. The lowest BCUT2D eigenvalue weighted by Gasteiger charge is -2.38. The molecule has 0 aromatic heterocycles. The van der Waals surface area contributed by atoms with Gasteiger partial charge in [-0.25, -0.2) is 4.79 Å². The summed E-state index contributed by atoms with van der Waals surface area (Å²) in [6, 6.07) is 6.37. The van der Waals surface area contributed by atoms with Gasteiger partial charge in [-0.3, -0.25) is 0 Å². The number of carbonyl (C=O) groups excluding carboxylic acids is 1. The number of isocyanates is 1. The molecule has 0 amide bonds. The molecule has 0 unspecified atom stereocenters. The maximum Gasteiger partial charge on any atom is 0.235 e. The number of hydrogen-bond donors (Lipinski definition) is 0. The van der Waals surface area contributed by atoms with Gasteiger partial charge in [-0.05, 0) is 49.6 Å². The Labute approximate surface area is 100 Å². The first-order valence-electron chi connectivity index (χ1n) is 5.46. The number of aryl methyl sites for hydroxylation is 1. The summed E-state index contributed by atoms with van der Waals surface area (Å²) in [5.41, 5.74) is 2.17. The number of nitrogens with zero attached hydrogens (tertiary/aromatic N) is 1. The Bertz CT molecular complexity index is 445. The molecule has 1 fully saturated rings. The Morgan fingerprint density at radius 1 is 1.44 bits per heavy atom. The van der Waals surface area contributed by atoms with E-state index in [0.717, 1.165) is 19.3 Å². The molecule has 1 aromatic carbocycles. The summed E-state index contributed by atoms with van der Waals surface area (Å²) in [5, 5.41) is 0. The van der Waals surface area contributed by atoms with E-state index >= 15 is 0 Å². The van der Waals surface area contributed by atoms with Crippen LogP contribution in [-0.2, 0) is 10.3 Å². The van der Waals surface area contributed by atoms with Crippen LogP contribution >= 0.6 is 11.8 Å². The maximum absolute atomic E-state index is 10.6. The van der Waals surface area contributed by atoms with E-state index in [2.05, 4.69) is 36.4 Å². The molecular weight excluding hydrogens is 218 g/mol. The Morgan fingerprint density at radius 3 is 2.69 bits per heavy atom. The Hall–Kier alpha value is -1.05. The summed E-state index contributed by atoms with van der Waals surface area (Å²) in [5.74, 6) is 0. The molecule has 1 saturated carbocycles. The molecule has 0 spiro atoms. The van der Waals surface area contributed by atoms with Crippen LogP contribution < -0.4 is 0 Å². The standard InChI is InChI=1S/C13H15NOS/c1-10-4-5-11(12(8-10)16-2)13(14-9-15)6-3-7-13/h4-5,8H,3,6-7H2,1-2H3. The average Bonchev–Trinajstić information content (AvgIpc) is 2.24. The molecule has 2 nitrogen and oxygen atoms in total. The van der Waals surface area contributed by atoms with Gasteiger partial charge in [-0.2, -0.15) is 4.99 Å². The van der Waals surface area contributed by atoms with E-state index < -0.39 is 0 Å². The third-order valence-corrected chi connectivity index (χ3v) is 4.08. The lowest BCUT2D eigenvalue weighted by molar-refractivity contribution is 0.251. The molecule has 1 aliphatic rings. The van der Waals surface area contributed by atoms with E-state index in [4.69, 9.17) is 0 Å². The normalized spacial score (nSPS) is 17.4. The highest BCUT2D eigenvalue weighted by atomic mass is 32.2. The minimum Gasteiger partial charge on any atom is -0.211 e. The van der Waals surface area contributed by atoms with Gasteiger partial charge in [-0.1, -0.05) is 12.1 Å². The molecular formula is C13H15NOS. The number of benzene rings is 1. The zero-order valence-corrected chi connectivity index (χ0v) is 10.4. The summed E-state index contributed by atoms with van der Waals surface area (Å²) in [6.07, 6.45) is 6.89. The molecule has 16 heavy (non-hydrogen) atoms. The molecule has 0 N–H and O–H groups in total. The summed E-state index contributed by atoms with van der Waals surface area (Å²) >= 11 is 1.72. The van der Waals surface area contributed by atoms with Crippen LogP contribution in [-0.4, -0.2) is 12.3 Å². The number of aliphatic imine (C=N–C) groups is 1. The Morgan fingerprint density at radius 2 is 2.19 bits per heavy atom. The van der Waals surface area contributed by atoms with Crippen molar-refractivity contribution in [2.45, 2.75) is 36.6 Å². The highest BCUT2D eigenvalue weighted by Gasteiger charge is 2.40. The fraction of sp³-hybridized carbons (Fsp3) is 0.462. The quantitative estimate of drug-likeness (QED) is 0.455. The van der Waals surface area contributed by atoms with Crippen LogP contribution in [0.3, 0.4) is 0 Å². The lowest BCUT2D eigenvalue weighted by Crippen LogP contribution is -2.32. The van der Waals surface area contributed by atoms with Crippen LogP contribution in [0, 0.1) is 6.92 Å². The molecule has 0 saturated heterocycles. The fourth-order valence-electron chi connectivity index (χ4n) is 2.22. The van der Waals surface area contributed by atoms with E-state index in [0.29, 0.717) is 0 Å². The van der Waals surface area contributed by atoms with Crippen molar-refractivity contribution in [1.29, 1.82) is 0 Å². The highest BCUT2D eigenvalue weighted by molar-refractivity contribution is 7.98. The molecule has 0 radical (unpaired) electrons. The van der Waals surface area contributed by atoms with E-state index in [1.165, 1.54) is 16.0 Å². The summed E-state index contributed by atoms with van der Waals surface area (Å²) in [4.78, 5) is 15.8. The van der Waals surface area contributed by atoms with Gasteiger partial charge in [0.25, 0.3) is 0 Å². The monoisotopic (exact) mass is 233 g/mol. The van der Waals surface area contributed by atoms with Crippen molar-refractivity contribution in [2.24, 2.45) is 4.99 Å². The smallest absolute Gasteiger partial charge is 0.211 e. The molecule has 0 atom stereocenters. The molecule has 1 aromatic rings. The van der Waals surface area contributed by atoms with Crippen molar-refractivity contribution in [2.75, 3.05) is 6.26 Å². The second kappa shape index (κ2) is 4.44. The molecule has 3 heteroatoms. The fourth-order valence-corrected chi connectivity index (χ4v) is 3.00. The SMILES string of the molecule is CSc1cc(C)ccc1C1(N=C=O)CCC1. The van der Waals surface area contributed by atoms with Gasteiger partial charge in [0.15, 0.2) is 0 Å². The minimum absolute atomic E-state index is 0.270. The zero-order valence-electron chi connectivity index (χ0n) is 9.62. The molecule has 84 valence electrons. The van der Waals surface area contributed by atoms with E-state index in [1.807, 2.05) is 0 Å². The van der Waals surface area contributed by atoms with E-state index in [1.54, 1.807) is 17.8 Å². The van der Waals surface area contributed by atoms with Crippen LogP contribution in [0.2, 0.25) is 0 Å². The number of hydrogen-bond acceptors (Lipinski definition) is 3. The lowest BCUT2D eigenvalue weighted by atomic mass is 9.72. The third-order valence-electron chi connectivity index (χ3n) is 3.30.